The SMILES string of the molecule is COC(=O)N1CCC[C@@H](Nc2ncc3nc(Nc4c(F)cc(C#N)cc4Cl)n(C4CCC(C(N)=O)CC4)c3n2)C1. The first-order valence-corrected chi connectivity index (χ1v) is 13.4. The smallest absolute Gasteiger partial charge is 0.409 e. The van der Waals surface area contributed by atoms with Crippen LogP contribution in [0.1, 0.15) is 50.1 Å². The van der Waals surface area contributed by atoms with Crippen LogP contribution in [0.2, 0.25) is 5.02 Å². The van der Waals surface area contributed by atoms with Crippen LogP contribution in [0.5, 0.6) is 0 Å². The molecule has 1 aromatic carbocycles. The number of ether oxygens (including phenoxy) is 1. The number of aromatic nitrogens is 4. The van der Waals surface area contributed by atoms with Crippen LogP contribution in [-0.2, 0) is 9.53 Å². The zero-order valence-electron chi connectivity index (χ0n) is 21.9. The average Bonchev–Trinajstić information content (AvgIpc) is 3.31. The summed E-state index contributed by atoms with van der Waals surface area (Å²) in [5, 5.41) is 15.5. The first-order valence-electron chi connectivity index (χ1n) is 13.1. The maximum atomic E-state index is 14.9. The molecule has 14 heteroatoms. The molecule has 0 spiro atoms. The molecule has 1 aliphatic carbocycles. The van der Waals surface area contributed by atoms with Gasteiger partial charge in [0, 0.05) is 31.1 Å². The van der Waals surface area contributed by atoms with Crippen molar-refractivity contribution < 1.29 is 18.7 Å². The van der Waals surface area contributed by atoms with Crippen LogP contribution in [0.4, 0.5) is 26.8 Å². The molecule has 3 heterocycles. The van der Waals surface area contributed by atoms with E-state index < -0.39 is 5.82 Å². The lowest BCUT2D eigenvalue weighted by atomic mass is 9.85. The molecule has 1 aliphatic heterocycles. The number of halogens is 2. The zero-order chi connectivity index (χ0) is 28.4. The molecule has 210 valence electrons. The zero-order valence-corrected chi connectivity index (χ0v) is 22.6. The Kier molecular flexibility index (Phi) is 7.88. The van der Waals surface area contributed by atoms with E-state index in [0.717, 1.165) is 18.9 Å². The maximum Gasteiger partial charge on any atom is 0.409 e. The van der Waals surface area contributed by atoms with Crippen LogP contribution in [0.15, 0.2) is 18.3 Å². The number of anilines is 3. The van der Waals surface area contributed by atoms with E-state index in [1.54, 1.807) is 11.1 Å². The standard InChI is InChI=1S/C26H29ClFN9O3/c1-40-26(39)36-8-2-3-16(13-36)32-24-31-12-20-23(35-24)37(17-6-4-15(5-7-17)22(30)38)25(33-20)34-21-18(27)9-14(11-29)10-19(21)28/h9-10,12,15-17H,2-8,13H2,1H3,(H2,30,38)(H,33,34)(H,31,32,35)/t15?,16-,17?/m1/s1. The van der Waals surface area contributed by atoms with Crippen molar-refractivity contribution >= 4 is 52.3 Å². The molecule has 12 nitrogen and oxygen atoms in total. The van der Waals surface area contributed by atoms with Gasteiger partial charge in [-0.05, 0) is 50.7 Å². The van der Waals surface area contributed by atoms with Gasteiger partial charge in [-0.15, -0.1) is 0 Å². The number of primary amides is 1. The minimum atomic E-state index is -0.694. The van der Waals surface area contributed by atoms with Crippen LogP contribution in [0, 0.1) is 23.1 Å². The van der Waals surface area contributed by atoms with E-state index in [1.165, 1.54) is 13.2 Å². The number of nitrogens with one attached hydrogen (secondary N) is 2. The summed E-state index contributed by atoms with van der Waals surface area (Å²) >= 11 is 6.32. The predicted molar refractivity (Wildman–Crippen MR) is 146 cm³/mol. The van der Waals surface area contributed by atoms with Crippen LogP contribution < -0.4 is 16.4 Å². The number of carbonyl (C=O) groups is 2. The number of carbonyl (C=O) groups excluding carboxylic acids is 2. The molecule has 0 radical (unpaired) electrons. The highest BCUT2D eigenvalue weighted by molar-refractivity contribution is 6.33. The lowest BCUT2D eigenvalue weighted by molar-refractivity contribution is -0.122. The minimum Gasteiger partial charge on any atom is -0.453 e. The molecule has 2 aliphatic rings. The largest absolute Gasteiger partial charge is 0.453 e. The molecule has 1 atom stereocenters. The lowest BCUT2D eigenvalue weighted by Gasteiger charge is -2.32. The first-order chi connectivity index (χ1) is 19.3. The molecule has 5 rings (SSSR count). The summed E-state index contributed by atoms with van der Waals surface area (Å²) in [5.74, 6) is -0.542. The summed E-state index contributed by atoms with van der Waals surface area (Å²) in [5.41, 5.74) is 6.63. The van der Waals surface area contributed by atoms with Crippen molar-refractivity contribution in [3.05, 3.63) is 34.7 Å². The van der Waals surface area contributed by atoms with Gasteiger partial charge in [-0.2, -0.15) is 10.2 Å². The number of likely N-dealkylation sites (tertiary alicyclic amines) is 1. The van der Waals surface area contributed by atoms with Crippen LogP contribution in [0.25, 0.3) is 11.2 Å². The van der Waals surface area contributed by atoms with Crippen LogP contribution in [0.3, 0.4) is 0 Å². The van der Waals surface area contributed by atoms with Crippen molar-refractivity contribution in [2.45, 2.75) is 50.6 Å². The topological polar surface area (TPSA) is 164 Å². The van der Waals surface area contributed by atoms with Crippen LogP contribution >= 0.6 is 11.6 Å². The number of benzene rings is 1. The van der Waals surface area contributed by atoms with Gasteiger partial charge in [0.25, 0.3) is 0 Å². The number of fused-ring (bicyclic) bond motifs is 1. The van der Waals surface area contributed by atoms with E-state index in [2.05, 4.69) is 20.6 Å². The lowest BCUT2D eigenvalue weighted by Crippen LogP contribution is -2.45. The number of nitriles is 1. The van der Waals surface area contributed by atoms with Crippen LogP contribution in [-0.4, -0.2) is 62.7 Å². The quantitative estimate of drug-likeness (QED) is 0.396. The van der Waals surface area contributed by atoms with E-state index in [1.807, 2.05) is 10.6 Å². The number of amides is 2. The Morgan fingerprint density at radius 2 is 2.00 bits per heavy atom. The van der Waals surface area contributed by atoms with Gasteiger partial charge in [-0.1, -0.05) is 11.6 Å². The van der Waals surface area contributed by atoms with Gasteiger partial charge < -0.3 is 26.0 Å². The normalized spacial score (nSPS) is 21.1. The first kappa shape index (κ1) is 27.4. The molecule has 0 bridgehead atoms. The predicted octanol–water partition coefficient (Wildman–Crippen LogP) is 4.09. The Labute approximate surface area is 234 Å². The van der Waals surface area contributed by atoms with Gasteiger partial charge >= 0.3 is 6.09 Å². The number of piperidine rings is 1. The molecule has 1 saturated carbocycles. The van der Waals surface area contributed by atoms with Crippen molar-refractivity contribution in [3.63, 3.8) is 0 Å². The number of nitrogens with zero attached hydrogens (tertiary/aromatic N) is 6. The summed E-state index contributed by atoms with van der Waals surface area (Å²) < 4.78 is 21.7. The second kappa shape index (κ2) is 11.5. The summed E-state index contributed by atoms with van der Waals surface area (Å²) in [7, 11) is 1.36. The summed E-state index contributed by atoms with van der Waals surface area (Å²) in [6.45, 7) is 1.07. The molecule has 3 aromatic rings. The van der Waals surface area contributed by atoms with E-state index in [-0.39, 0.29) is 46.3 Å². The Hall–Kier alpha value is -4.18. The van der Waals surface area contributed by atoms with Crippen molar-refractivity contribution in [3.8, 4) is 6.07 Å². The van der Waals surface area contributed by atoms with Crippen molar-refractivity contribution in [1.29, 1.82) is 5.26 Å². The monoisotopic (exact) mass is 569 g/mol. The Morgan fingerprint density at radius 3 is 2.67 bits per heavy atom. The highest BCUT2D eigenvalue weighted by atomic mass is 35.5. The Bertz CT molecular complexity index is 1460. The number of hydrogen-bond acceptors (Lipinski definition) is 9. The highest BCUT2D eigenvalue weighted by Crippen LogP contribution is 2.38. The van der Waals surface area contributed by atoms with Crippen molar-refractivity contribution in [1.82, 2.24) is 24.4 Å². The third-order valence-electron chi connectivity index (χ3n) is 7.49. The molecular formula is C26H29ClFN9O3. The molecule has 2 aromatic heterocycles. The van der Waals surface area contributed by atoms with Gasteiger partial charge in [0.05, 0.1) is 35.6 Å². The number of imidazole rings is 1. The molecule has 0 unspecified atom stereocenters. The molecule has 2 fully saturated rings. The maximum absolute atomic E-state index is 14.9. The fraction of sp³-hybridized carbons (Fsp3) is 0.462. The summed E-state index contributed by atoms with van der Waals surface area (Å²) in [6.07, 6.45) is 5.33. The van der Waals surface area contributed by atoms with E-state index in [4.69, 9.17) is 32.3 Å². The fourth-order valence-corrected chi connectivity index (χ4v) is 5.71. The van der Waals surface area contributed by atoms with Crippen molar-refractivity contribution in [2.75, 3.05) is 30.8 Å². The molecule has 4 N–H and O–H groups in total. The Balaban J connectivity index is 1.49. The molecule has 1 saturated heterocycles. The fourth-order valence-electron chi connectivity index (χ4n) is 5.45. The summed E-state index contributed by atoms with van der Waals surface area (Å²) in [6, 6.07) is 4.19. The molecule has 2 amide bonds. The number of hydrogen-bond donors (Lipinski definition) is 3. The molecule has 40 heavy (non-hydrogen) atoms. The van der Waals surface area contributed by atoms with E-state index in [9.17, 15) is 14.0 Å². The minimum absolute atomic E-state index is 0.0144. The number of rotatable bonds is 6. The van der Waals surface area contributed by atoms with E-state index >= 15 is 0 Å². The number of methoxy groups -OCH3 is 1. The van der Waals surface area contributed by atoms with Gasteiger partial charge in [-0.3, -0.25) is 9.36 Å². The van der Waals surface area contributed by atoms with Gasteiger partial charge in [0.2, 0.25) is 17.8 Å². The van der Waals surface area contributed by atoms with Gasteiger partial charge in [0.15, 0.2) is 5.65 Å². The van der Waals surface area contributed by atoms with Gasteiger partial charge in [-0.25, -0.2) is 19.2 Å². The third-order valence-corrected chi connectivity index (χ3v) is 7.79. The average molecular weight is 570 g/mol. The highest BCUT2D eigenvalue weighted by Gasteiger charge is 2.30. The third kappa shape index (κ3) is 5.58. The van der Waals surface area contributed by atoms with Crippen molar-refractivity contribution in [2.24, 2.45) is 11.7 Å². The van der Waals surface area contributed by atoms with E-state index in [0.29, 0.717) is 61.8 Å². The Morgan fingerprint density at radius 1 is 1.23 bits per heavy atom. The second-order valence-corrected chi connectivity index (χ2v) is 10.5. The second-order valence-electron chi connectivity index (χ2n) is 10.1. The number of nitrogens with two attached hydrogens (primary N) is 1. The van der Waals surface area contributed by atoms with Gasteiger partial charge in [0.1, 0.15) is 11.3 Å². The molecular weight excluding hydrogens is 541 g/mol. The summed E-state index contributed by atoms with van der Waals surface area (Å²) in [4.78, 5) is 39.3.